The van der Waals surface area contributed by atoms with Gasteiger partial charge in [-0.3, -0.25) is 0 Å². The predicted octanol–water partition coefficient (Wildman–Crippen LogP) is 4.00. The molecular weight excluding hydrogens is 397 g/mol. The summed E-state index contributed by atoms with van der Waals surface area (Å²) in [6, 6.07) is 3.13. The Balaban J connectivity index is 1.78. The van der Waals surface area contributed by atoms with Gasteiger partial charge in [0.25, 0.3) is 0 Å². The van der Waals surface area contributed by atoms with Crippen LogP contribution < -0.4 is 4.90 Å². The van der Waals surface area contributed by atoms with Crippen molar-refractivity contribution in [3.8, 4) is 0 Å². The number of hydrogen-bond donors (Lipinski definition) is 0. The van der Waals surface area contributed by atoms with Crippen molar-refractivity contribution < 1.29 is 13.9 Å². The summed E-state index contributed by atoms with van der Waals surface area (Å²) in [7, 11) is 0. The Morgan fingerprint density at radius 3 is 3.00 bits per heavy atom. The minimum absolute atomic E-state index is 0.139. The highest BCUT2D eigenvalue weighted by Gasteiger charge is 2.30. The standard InChI is InChI=1S/C20H21ClFN5O2/c1-3-14-17(20(28)29-4-2)19-24-16(7-9-27(19)25-14)26-8-5-6-15(26)13-10-12(22)11-23-18(13)21/h7,9-11,15H,3-6,8H2,1-2H3/t15-/m1/s1. The summed E-state index contributed by atoms with van der Waals surface area (Å²) in [4.78, 5) is 23.2. The summed E-state index contributed by atoms with van der Waals surface area (Å²) in [5, 5.41) is 4.75. The maximum Gasteiger partial charge on any atom is 0.343 e. The number of fused-ring (bicyclic) bond motifs is 1. The Bertz CT molecular complexity index is 1070. The quantitative estimate of drug-likeness (QED) is 0.461. The number of ether oxygens (including phenoxy) is 1. The Labute approximate surface area is 172 Å². The monoisotopic (exact) mass is 417 g/mol. The Hall–Kier alpha value is -2.74. The summed E-state index contributed by atoms with van der Waals surface area (Å²) in [5.74, 6) is -0.180. The maximum absolute atomic E-state index is 13.8. The zero-order valence-electron chi connectivity index (χ0n) is 16.2. The number of aryl methyl sites for hydroxylation is 1. The van der Waals surface area contributed by atoms with Crippen molar-refractivity contribution in [2.45, 2.75) is 39.2 Å². The normalized spacial score (nSPS) is 16.6. The van der Waals surface area contributed by atoms with Gasteiger partial charge in [-0.05, 0) is 38.3 Å². The zero-order valence-corrected chi connectivity index (χ0v) is 17.0. The molecule has 4 heterocycles. The summed E-state index contributed by atoms with van der Waals surface area (Å²) in [6.45, 7) is 4.71. The van der Waals surface area contributed by atoms with Gasteiger partial charge in [-0.2, -0.15) is 5.10 Å². The molecule has 0 aromatic carbocycles. The Kier molecular flexibility index (Phi) is 5.36. The number of carbonyl (C=O) groups is 1. The molecule has 29 heavy (non-hydrogen) atoms. The predicted molar refractivity (Wildman–Crippen MR) is 107 cm³/mol. The fourth-order valence-electron chi connectivity index (χ4n) is 3.82. The van der Waals surface area contributed by atoms with Crippen molar-refractivity contribution in [1.82, 2.24) is 19.6 Å². The van der Waals surface area contributed by atoms with Crippen molar-refractivity contribution in [3.63, 3.8) is 0 Å². The number of halogens is 2. The molecule has 0 amide bonds. The third-order valence-corrected chi connectivity index (χ3v) is 5.41. The lowest BCUT2D eigenvalue weighted by molar-refractivity contribution is 0.0527. The van der Waals surface area contributed by atoms with Gasteiger partial charge < -0.3 is 9.64 Å². The number of hydrogen-bond acceptors (Lipinski definition) is 6. The number of rotatable bonds is 5. The number of aromatic nitrogens is 4. The van der Waals surface area contributed by atoms with Gasteiger partial charge >= 0.3 is 5.97 Å². The van der Waals surface area contributed by atoms with Crippen LogP contribution in [0.4, 0.5) is 10.2 Å². The molecule has 9 heteroatoms. The van der Waals surface area contributed by atoms with Gasteiger partial charge in [0.1, 0.15) is 22.4 Å². The molecule has 3 aromatic heterocycles. The van der Waals surface area contributed by atoms with Crippen molar-refractivity contribution in [3.05, 3.63) is 52.3 Å². The van der Waals surface area contributed by atoms with Crippen molar-refractivity contribution >= 4 is 29.0 Å². The Morgan fingerprint density at radius 1 is 1.41 bits per heavy atom. The molecule has 4 rings (SSSR count). The third kappa shape index (κ3) is 3.53. The van der Waals surface area contributed by atoms with E-state index >= 15 is 0 Å². The van der Waals surface area contributed by atoms with Crippen molar-refractivity contribution in [2.24, 2.45) is 0 Å². The number of anilines is 1. The molecule has 152 valence electrons. The van der Waals surface area contributed by atoms with E-state index in [0.717, 1.165) is 25.6 Å². The molecule has 0 spiro atoms. The molecule has 7 nitrogen and oxygen atoms in total. The van der Waals surface area contributed by atoms with Gasteiger partial charge in [0.05, 0.1) is 24.5 Å². The molecular formula is C20H21ClFN5O2. The summed E-state index contributed by atoms with van der Waals surface area (Å²) in [5.41, 5.74) is 2.12. The molecule has 3 aromatic rings. The van der Waals surface area contributed by atoms with Gasteiger partial charge in [-0.25, -0.2) is 23.7 Å². The van der Waals surface area contributed by atoms with Gasteiger partial charge in [-0.1, -0.05) is 18.5 Å². The lowest BCUT2D eigenvalue weighted by Crippen LogP contribution is -2.24. The largest absolute Gasteiger partial charge is 0.462 e. The Morgan fingerprint density at radius 2 is 2.24 bits per heavy atom. The van der Waals surface area contributed by atoms with E-state index < -0.39 is 11.8 Å². The van der Waals surface area contributed by atoms with Crippen LogP contribution in [0, 0.1) is 5.82 Å². The molecule has 1 aliphatic rings. The van der Waals surface area contributed by atoms with Crippen molar-refractivity contribution in [2.75, 3.05) is 18.1 Å². The average Bonchev–Trinajstić information content (AvgIpc) is 3.33. The van der Waals surface area contributed by atoms with Gasteiger partial charge in [0, 0.05) is 18.3 Å². The molecule has 1 aliphatic heterocycles. The van der Waals surface area contributed by atoms with Crippen LogP contribution in [0.25, 0.3) is 5.65 Å². The van der Waals surface area contributed by atoms with Crippen LogP contribution in [0.3, 0.4) is 0 Å². The number of esters is 1. The minimum Gasteiger partial charge on any atom is -0.462 e. The van der Waals surface area contributed by atoms with Crippen LogP contribution in [0.1, 0.15) is 54.3 Å². The molecule has 0 unspecified atom stereocenters. The first-order valence-corrected chi connectivity index (χ1v) is 10.0. The van der Waals surface area contributed by atoms with E-state index in [1.54, 1.807) is 17.6 Å². The topological polar surface area (TPSA) is 72.6 Å². The first kappa shape index (κ1) is 19.6. The fourth-order valence-corrected chi connectivity index (χ4v) is 4.05. The van der Waals surface area contributed by atoms with E-state index in [0.29, 0.717) is 34.7 Å². The van der Waals surface area contributed by atoms with Crippen LogP contribution in [0.15, 0.2) is 24.5 Å². The number of nitrogens with zero attached hydrogens (tertiary/aromatic N) is 5. The lowest BCUT2D eigenvalue weighted by Gasteiger charge is -2.26. The van der Waals surface area contributed by atoms with Crippen LogP contribution in [0.2, 0.25) is 5.15 Å². The second-order valence-corrected chi connectivity index (χ2v) is 7.19. The van der Waals surface area contributed by atoms with Gasteiger partial charge in [0.2, 0.25) is 0 Å². The summed E-state index contributed by atoms with van der Waals surface area (Å²) >= 11 is 6.25. The molecule has 0 saturated carbocycles. The van der Waals surface area contributed by atoms with E-state index in [1.807, 2.05) is 13.0 Å². The van der Waals surface area contributed by atoms with Crippen LogP contribution in [-0.2, 0) is 11.2 Å². The number of carbonyl (C=O) groups excluding carboxylic acids is 1. The van der Waals surface area contributed by atoms with E-state index in [2.05, 4.69) is 15.0 Å². The molecule has 1 atom stereocenters. The van der Waals surface area contributed by atoms with Gasteiger partial charge in [-0.15, -0.1) is 0 Å². The van der Waals surface area contributed by atoms with E-state index in [1.165, 1.54) is 6.07 Å². The first-order valence-electron chi connectivity index (χ1n) is 9.66. The molecule has 0 aliphatic carbocycles. The van der Waals surface area contributed by atoms with Crippen molar-refractivity contribution in [1.29, 1.82) is 0 Å². The SMILES string of the molecule is CCOC(=O)c1c(CC)nn2ccc(N3CCC[C@@H]3c3cc(F)cnc3Cl)nc12. The molecule has 0 N–H and O–H groups in total. The van der Waals surface area contributed by atoms with E-state index in [-0.39, 0.29) is 17.8 Å². The van der Waals surface area contributed by atoms with Gasteiger partial charge in [0.15, 0.2) is 5.65 Å². The van der Waals surface area contributed by atoms with E-state index in [4.69, 9.17) is 21.3 Å². The van der Waals surface area contributed by atoms with Crippen LogP contribution >= 0.6 is 11.6 Å². The van der Waals surface area contributed by atoms with E-state index in [9.17, 15) is 9.18 Å². The first-order chi connectivity index (χ1) is 14.0. The molecule has 1 saturated heterocycles. The highest BCUT2D eigenvalue weighted by Crippen LogP contribution is 2.38. The highest BCUT2D eigenvalue weighted by molar-refractivity contribution is 6.30. The highest BCUT2D eigenvalue weighted by atomic mass is 35.5. The minimum atomic E-state index is -0.431. The molecule has 0 radical (unpaired) electrons. The molecule has 1 fully saturated rings. The summed E-state index contributed by atoms with van der Waals surface area (Å²) in [6.07, 6.45) is 5.19. The fraction of sp³-hybridized carbons (Fsp3) is 0.400. The second-order valence-electron chi connectivity index (χ2n) is 6.83. The molecule has 0 bridgehead atoms. The second kappa shape index (κ2) is 7.94. The average molecular weight is 418 g/mol. The smallest absolute Gasteiger partial charge is 0.343 e. The number of pyridine rings is 1. The third-order valence-electron chi connectivity index (χ3n) is 5.10. The van der Waals surface area contributed by atoms with Crippen LogP contribution in [-0.4, -0.2) is 38.7 Å². The zero-order chi connectivity index (χ0) is 20.5. The summed E-state index contributed by atoms with van der Waals surface area (Å²) < 4.78 is 20.6. The van der Waals surface area contributed by atoms with Crippen LogP contribution in [0.5, 0.6) is 0 Å². The maximum atomic E-state index is 13.8. The lowest BCUT2D eigenvalue weighted by atomic mass is 10.1.